The maximum Gasteiger partial charge on any atom is 0.204 e. The fourth-order valence-corrected chi connectivity index (χ4v) is 2.00. The van der Waals surface area contributed by atoms with Crippen molar-refractivity contribution < 1.29 is 0 Å². The van der Waals surface area contributed by atoms with Gasteiger partial charge in [-0.3, -0.25) is 0 Å². The second-order valence-electron chi connectivity index (χ2n) is 4.03. The van der Waals surface area contributed by atoms with Gasteiger partial charge in [0.15, 0.2) is 0 Å². The van der Waals surface area contributed by atoms with Crippen molar-refractivity contribution in [2.75, 3.05) is 37.5 Å². The summed E-state index contributed by atoms with van der Waals surface area (Å²) in [4.78, 5) is 6.40. The van der Waals surface area contributed by atoms with Crippen LogP contribution < -0.4 is 10.2 Å². The molecule has 0 saturated carbocycles. The van der Waals surface area contributed by atoms with Crippen LogP contribution in [0.15, 0.2) is 6.20 Å². The van der Waals surface area contributed by atoms with Crippen LogP contribution in [-0.2, 0) is 13.6 Å². The molecule has 0 spiro atoms. The number of hydrogen-bond acceptors (Lipinski definition) is 4. The molecule has 4 nitrogen and oxygen atoms in total. The van der Waals surface area contributed by atoms with Crippen LogP contribution in [0.25, 0.3) is 0 Å². The van der Waals surface area contributed by atoms with Gasteiger partial charge in [0.1, 0.15) is 0 Å². The molecule has 1 aromatic rings. The molecular formula is C11H22N4S. The first-order valence-corrected chi connectivity index (χ1v) is 6.93. The lowest BCUT2D eigenvalue weighted by molar-refractivity contribution is 0.646. The summed E-state index contributed by atoms with van der Waals surface area (Å²) in [6.07, 6.45) is 5.31. The Morgan fingerprint density at radius 3 is 2.81 bits per heavy atom. The highest BCUT2D eigenvalue weighted by atomic mass is 32.2. The van der Waals surface area contributed by atoms with Crippen molar-refractivity contribution in [3.63, 3.8) is 0 Å². The Labute approximate surface area is 102 Å². The lowest BCUT2D eigenvalue weighted by Crippen LogP contribution is -2.19. The highest BCUT2D eigenvalue weighted by Crippen LogP contribution is 2.10. The van der Waals surface area contributed by atoms with Gasteiger partial charge in [-0.15, -0.1) is 0 Å². The Bertz CT molecular complexity index is 309. The molecule has 0 radical (unpaired) electrons. The SMILES string of the molecule is CSCCCNCc1cnc(N(C)C)n1C. The molecule has 1 rings (SSSR count). The van der Waals surface area contributed by atoms with Crippen molar-refractivity contribution in [2.24, 2.45) is 7.05 Å². The van der Waals surface area contributed by atoms with Crippen molar-refractivity contribution >= 4 is 17.7 Å². The number of imidazole rings is 1. The summed E-state index contributed by atoms with van der Waals surface area (Å²) < 4.78 is 2.13. The summed E-state index contributed by atoms with van der Waals surface area (Å²) in [6, 6.07) is 0. The van der Waals surface area contributed by atoms with E-state index in [-0.39, 0.29) is 0 Å². The van der Waals surface area contributed by atoms with Crippen molar-refractivity contribution in [1.29, 1.82) is 0 Å². The fraction of sp³-hybridized carbons (Fsp3) is 0.727. The van der Waals surface area contributed by atoms with Gasteiger partial charge in [-0.1, -0.05) is 0 Å². The number of aromatic nitrogens is 2. The van der Waals surface area contributed by atoms with Crippen LogP contribution in [-0.4, -0.2) is 42.2 Å². The minimum atomic E-state index is 0.895. The normalized spacial score (nSPS) is 10.8. The van der Waals surface area contributed by atoms with E-state index in [4.69, 9.17) is 0 Å². The van der Waals surface area contributed by atoms with Crippen LogP contribution >= 0.6 is 11.8 Å². The smallest absolute Gasteiger partial charge is 0.204 e. The van der Waals surface area contributed by atoms with Crippen LogP contribution in [0.3, 0.4) is 0 Å². The molecule has 0 aromatic carbocycles. The van der Waals surface area contributed by atoms with Crippen molar-refractivity contribution in [1.82, 2.24) is 14.9 Å². The van der Waals surface area contributed by atoms with E-state index < -0.39 is 0 Å². The van der Waals surface area contributed by atoms with Gasteiger partial charge in [0.2, 0.25) is 5.95 Å². The summed E-state index contributed by atoms with van der Waals surface area (Å²) >= 11 is 1.89. The van der Waals surface area contributed by atoms with Gasteiger partial charge in [-0.25, -0.2) is 4.98 Å². The third-order valence-electron chi connectivity index (χ3n) is 2.47. The number of nitrogens with one attached hydrogen (secondary N) is 1. The second-order valence-corrected chi connectivity index (χ2v) is 5.01. The molecule has 0 unspecified atom stereocenters. The lowest BCUT2D eigenvalue weighted by atomic mass is 10.4. The first-order valence-electron chi connectivity index (χ1n) is 5.54. The third-order valence-corrected chi connectivity index (χ3v) is 3.16. The average Bonchev–Trinajstić information content (AvgIpc) is 2.60. The summed E-state index contributed by atoms with van der Waals surface area (Å²) in [5.41, 5.74) is 1.23. The topological polar surface area (TPSA) is 33.1 Å². The molecule has 0 bridgehead atoms. The van der Waals surface area contributed by atoms with Gasteiger partial charge in [-0.05, 0) is 25.0 Å². The number of anilines is 1. The minimum Gasteiger partial charge on any atom is -0.348 e. The standard InChI is InChI=1S/C11H22N4S/c1-14(2)11-13-9-10(15(11)3)8-12-6-5-7-16-4/h9,12H,5-8H2,1-4H3. The van der Waals surface area contributed by atoms with Gasteiger partial charge in [0.05, 0.1) is 11.9 Å². The van der Waals surface area contributed by atoms with E-state index in [0.717, 1.165) is 19.0 Å². The van der Waals surface area contributed by atoms with Gasteiger partial charge in [-0.2, -0.15) is 11.8 Å². The Morgan fingerprint density at radius 2 is 2.25 bits per heavy atom. The van der Waals surface area contributed by atoms with Crippen LogP contribution in [0.1, 0.15) is 12.1 Å². The highest BCUT2D eigenvalue weighted by molar-refractivity contribution is 7.98. The van der Waals surface area contributed by atoms with E-state index in [9.17, 15) is 0 Å². The first kappa shape index (κ1) is 13.4. The summed E-state index contributed by atoms with van der Waals surface area (Å²) in [7, 11) is 6.08. The fourth-order valence-electron chi connectivity index (χ4n) is 1.57. The maximum absolute atomic E-state index is 4.38. The molecule has 0 amide bonds. The van der Waals surface area contributed by atoms with Crippen LogP contribution in [0, 0.1) is 0 Å². The molecule has 0 saturated heterocycles. The number of rotatable bonds is 7. The van der Waals surface area contributed by atoms with Crippen molar-refractivity contribution in [2.45, 2.75) is 13.0 Å². The van der Waals surface area contributed by atoms with Gasteiger partial charge in [0.25, 0.3) is 0 Å². The summed E-state index contributed by atoms with van der Waals surface area (Å²) in [6.45, 7) is 1.97. The number of hydrogen-bond donors (Lipinski definition) is 1. The molecule has 0 aliphatic carbocycles. The quantitative estimate of drug-likeness (QED) is 0.731. The van der Waals surface area contributed by atoms with Crippen LogP contribution in [0.4, 0.5) is 5.95 Å². The summed E-state index contributed by atoms with van der Waals surface area (Å²) in [5, 5.41) is 3.44. The van der Waals surface area contributed by atoms with E-state index in [1.54, 1.807) is 0 Å². The minimum absolute atomic E-state index is 0.895. The van der Waals surface area contributed by atoms with E-state index in [0.29, 0.717) is 0 Å². The van der Waals surface area contributed by atoms with Gasteiger partial charge in [0, 0.05) is 27.7 Å². The molecule has 92 valence electrons. The van der Waals surface area contributed by atoms with Crippen molar-refractivity contribution in [3.8, 4) is 0 Å². The molecule has 0 aliphatic rings. The average molecular weight is 242 g/mol. The van der Waals surface area contributed by atoms with Crippen LogP contribution in [0.2, 0.25) is 0 Å². The predicted octanol–water partition coefficient (Wildman–Crippen LogP) is 1.33. The Hall–Kier alpha value is -0.680. The molecule has 1 N–H and O–H groups in total. The van der Waals surface area contributed by atoms with E-state index >= 15 is 0 Å². The van der Waals surface area contributed by atoms with Gasteiger partial charge < -0.3 is 14.8 Å². The third kappa shape index (κ3) is 3.72. The zero-order chi connectivity index (χ0) is 12.0. The second kappa shape index (κ2) is 6.81. The number of nitrogens with zero attached hydrogens (tertiary/aromatic N) is 3. The molecule has 0 aliphatic heterocycles. The number of thioether (sulfide) groups is 1. The molecule has 0 atom stereocenters. The molecule has 1 aromatic heterocycles. The Morgan fingerprint density at radius 1 is 1.50 bits per heavy atom. The molecule has 1 heterocycles. The largest absolute Gasteiger partial charge is 0.348 e. The van der Waals surface area contributed by atoms with Crippen molar-refractivity contribution in [3.05, 3.63) is 11.9 Å². The lowest BCUT2D eigenvalue weighted by Gasteiger charge is -2.12. The summed E-state index contributed by atoms with van der Waals surface area (Å²) in [5.74, 6) is 2.22. The zero-order valence-corrected chi connectivity index (χ0v) is 11.5. The maximum atomic E-state index is 4.38. The zero-order valence-electron chi connectivity index (χ0n) is 10.7. The molecule has 16 heavy (non-hydrogen) atoms. The Balaban J connectivity index is 2.37. The highest BCUT2D eigenvalue weighted by Gasteiger charge is 2.06. The monoisotopic (exact) mass is 242 g/mol. The van der Waals surface area contributed by atoms with E-state index in [1.807, 2.05) is 37.0 Å². The van der Waals surface area contributed by atoms with E-state index in [2.05, 4.69) is 28.2 Å². The first-order chi connectivity index (χ1) is 7.66. The Kier molecular flexibility index (Phi) is 5.69. The van der Waals surface area contributed by atoms with Crippen LogP contribution in [0.5, 0.6) is 0 Å². The van der Waals surface area contributed by atoms with Gasteiger partial charge >= 0.3 is 0 Å². The molecule has 5 heteroatoms. The van der Waals surface area contributed by atoms with E-state index in [1.165, 1.54) is 17.9 Å². The molecule has 0 fully saturated rings. The predicted molar refractivity (Wildman–Crippen MR) is 72.2 cm³/mol. The molecular weight excluding hydrogens is 220 g/mol.